The van der Waals surface area contributed by atoms with Gasteiger partial charge in [0.25, 0.3) is 0 Å². The smallest absolute Gasteiger partial charge is 0.408 e. The van der Waals surface area contributed by atoms with E-state index in [1.165, 1.54) is 13.8 Å². The lowest BCUT2D eigenvalue weighted by Gasteiger charge is -2.68. The predicted octanol–water partition coefficient (Wildman–Crippen LogP) is 0.478. The lowest BCUT2D eigenvalue weighted by Crippen LogP contribution is -2.75. The summed E-state index contributed by atoms with van der Waals surface area (Å²) in [6.07, 6.45) is -15.5. The average molecular weight is 878 g/mol. The van der Waals surface area contributed by atoms with Gasteiger partial charge in [-0.25, -0.2) is 14.4 Å². The van der Waals surface area contributed by atoms with E-state index in [0.29, 0.717) is 12.0 Å². The van der Waals surface area contributed by atoms with Crippen molar-refractivity contribution in [2.24, 2.45) is 28.6 Å². The van der Waals surface area contributed by atoms with E-state index in [4.69, 9.17) is 23.7 Å². The molecule has 0 spiro atoms. The third-order valence-electron chi connectivity index (χ3n) is 14.5. The minimum Gasteiger partial charge on any atom is -0.456 e. The van der Waals surface area contributed by atoms with Crippen LogP contribution in [-0.4, -0.2) is 150 Å². The van der Waals surface area contributed by atoms with Gasteiger partial charge >= 0.3 is 18.0 Å². The second-order valence-electron chi connectivity index (χ2n) is 19.5. The molecule has 62 heavy (non-hydrogen) atoms. The molecule has 18 nitrogen and oxygen atoms in total. The molecule has 2 bridgehead atoms. The molecule has 3 saturated carbocycles. The van der Waals surface area contributed by atoms with Crippen molar-refractivity contribution in [3.8, 4) is 0 Å². The van der Waals surface area contributed by atoms with Gasteiger partial charge in [0, 0.05) is 17.8 Å². The number of ketones is 1. The van der Waals surface area contributed by atoms with Crippen molar-refractivity contribution in [3.63, 3.8) is 0 Å². The summed E-state index contributed by atoms with van der Waals surface area (Å²) in [7, 11) is 0. The van der Waals surface area contributed by atoms with Crippen LogP contribution < -0.4 is 5.32 Å². The fraction of sp³-hybridized carbons (Fsp3) is 0.727. The highest BCUT2D eigenvalue weighted by atomic mass is 16.7. The predicted molar refractivity (Wildman–Crippen MR) is 214 cm³/mol. The van der Waals surface area contributed by atoms with Gasteiger partial charge in [0.05, 0.1) is 35.4 Å². The van der Waals surface area contributed by atoms with Crippen molar-refractivity contribution >= 4 is 23.8 Å². The average Bonchev–Trinajstić information content (AvgIpc) is 3.20. The molecule has 4 aliphatic carbocycles. The highest BCUT2D eigenvalue weighted by molar-refractivity contribution is 5.95. The van der Waals surface area contributed by atoms with Crippen molar-refractivity contribution in [1.82, 2.24) is 5.32 Å². The zero-order chi connectivity index (χ0) is 46.1. The maximum Gasteiger partial charge on any atom is 0.408 e. The Morgan fingerprint density at radius 1 is 0.984 bits per heavy atom. The first-order valence-electron chi connectivity index (χ1n) is 21.2. The van der Waals surface area contributed by atoms with Crippen LogP contribution in [0.4, 0.5) is 4.79 Å². The van der Waals surface area contributed by atoms with Crippen molar-refractivity contribution in [1.29, 1.82) is 0 Å². The van der Waals surface area contributed by atoms with Crippen LogP contribution in [0.15, 0.2) is 41.5 Å². The minimum atomic E-state index is -2.03. The Balaban J connectivity index is 1.39. The standard InChI is InChI=1S/C44H63NO17/c1-20-24(59-37(54)31(50)29(22-12-10-9-11-13-22)45-39(55)62-40(3,4)5)17-44(57)21(2)35-42(8,26(47)16-23-14-15-43(23,35)56)36(53)34(28(20)41(44,6)7)61-27(48)19-58-38-33(52)32(51)30(49)25(18-46)60-38/h9-13,21,23-26,29-35,38,46-47,49-52,56-57H,14-19H2,1-8H3,(H,45,55)/t21?,23-,24?,25?,26?,29?,30?,31?,32?,33?,34?,35?,38?,42-,43+,44?/m1/s1. The van der Waals surface area contributed by atoms with E-state index >= 15 is 4.79 Å². The first kappa shape index (κ1) is 47.9. The Kier molecular flexibility index (Phi) is 13.2. The van der Waals surface area contributed by atoms with Gasteiger partial charge in [-0.05, 0) is 82.4 Å². The highest BCUT2D eigenvalue weighted by Gasteiger charge is 2.74. The summed E-state index contributed by atoms with van der Waals surface area (Å²) in [5.41, 5.74) is -7.14. The van der Waals surface area contributed by atoms with Crippen molar-refractivity contribution < 1.29 is 83.7 Å². The summed E-state index contributed by atoms with van der Waals surface area (Å²) >= 11 is 0. The van der Waals surface area contributed by atoms with E-state index in [1.807, 2.05) is 0 Å². The Morgan fingerprint density at radius 3 is 2.21 bits per heavy atom. The second-order valence-corrected chi connectivity index (χ2v) is 19.5. The summed E-state index contributed by atoms with van der Waals surface area (Å²) in [4.78, 5) is 56.3. The third-order valence-corrected chi connectivity index (χ3v) is 14.5. The number of nitrogens with one attached hydrogen (secondary N) is 1. The Bertz CT molecular complexity index is 1900. The number of aliphatic hydroxyl groups excluding tert-OH is 6. The number of hydrogen-bond donors (Lipinski definition) is 9. The number of benzene rings is 1. The van der Waals surface area contributed by atoms with Crippen LogP contribution in [0.5, 0.6) is 0 Å². The number of alkyl carbamates (subject to hydrolysis) is 1. The summed E-state index contributed by atoms with van der Waals surface area (Å²) in [6.45, 7) is 11.1. The van der Waals surface area contributed by atoms with Gasteiger partial charge in [-0.3, -0.25) is 4.79 Å². The molecule has 5 aliphatic rings. The van der Waals surface area contributed by atoms with Crippen molar-refractivity contribution in [2.75, 3.05) is 13.2 Å². The molecular weight excluding hydrogens is 814 g/mol. The number of carbonyl (C=O) groups excluding carboxylic acids is 4. The van der Waals surface area contributed by atoms with Gasteiger partial charge in [-0.2, -0.15) is 0 Å². The molecule has 1 aromatic rings. The Morgan fingerprint density at radius 2 is 1.63 bits per heavy atom. The van der Waals surface area contributed by atoms with Crippen LogP contribution in [0.25, 0.3) is 0 Å². The molecule has 1 aliphatic heterocycles. The summed E-state index contributed by atoms with van der Waals surface area (Å²) in [5.74, 6) is -5.71. The highest BCUT2D eigenvalue weighted by Crippen LogP contribution is 2.67. The number of esters is 2. The normalized spacial score (nSPS) is 40.0. The van der Waals surface area contributed by atoms with Crippen molar-refractivity contribution in [3.05, 3.63) is 47.0 Å². The van der Waals surface area contributed by atoms with Gasteiger partial charge < -0.3 is 69.9 Å². The fourth-order valence-corrected chi connectivity index (χ4v) is 11.0. The van der Waals surface area contributed by atoms with Gasteiger partial charge in [-0.1, -0.05) is 51.1 Å². The summed E-state index contributed by atoms with van der Waals surface area (Å²) < 4.78 is 28.2. The van der Waals surface area contributed by atoms with Crippen LogP contribution in [0.2, 0.25) is 0 Å². The minimum absolute atomic E-state index is 0.0256. The molecule has 6 rings (SSSR count). The van der Waals surface area contributed by atoms with E-state index in [9.17, 15) is 55.2 Å². The summed E-state index contributed by atoms with van der Waals surface area (Å²) in [6, 6.07) is 6.78. The Hall–Kier alpha value is -3.56. The van der Waals surface area contributed by atoms with Crippen molar-refractivity contribution in [2.45, 2.75) is 159 Å². The van der Waals surface area contributed by atoms with Crippen LogP contribution in [0.3, 0.4) is 0 Å². The number of Topliss-reactive ketones (excluding diaryl/α,β-unsaturated/α-hetero) is 1. The van der Waals surface area contributed by atoms with Crippen LogP contribution in [-0.2, 0) is 38.1 Å². The number of fused-ring (bicyclic) bond motifs is 5. The van der Waals surface area contributed by atoms with E-state index in [1.54, 1.807) is 71.9 Å². The third kappa shape index (κ3) is 8.09. The van der Waals surface area contributed by atoms with Crippen LogP contribution in [0.1, 0.15) is 92.7 Å². The lowest BCUT2D eigenvalue weighted by molar-refractivity contribution is -0.300. The lowest BCUT2D eigenvalue weighted by atomic mass is 9.39. The van der Waals surface area contributed by atoms with E-state index in [-0.39, 0.29) is 30.4 Å². The molecular formula is C44H63NO17. The number of ether oxygens (including phenoxy) is 5. The van der Waals surface area contributed by atoms with Gasteiger partial charge in [0.15, 0.2) is 24.3 Å². The number of carbonyl (C=O) groups is 4. The molecule has 13 unspecified atom stereocenters. The first-order chi connectivity index (χ1) is 28.7. The SMILES string of the molecule is CC1=C2C(OC(=O)COC3OC(CO)C(O)C(O)C3O)C(=O)[C@]3(C)C(O)C[C@H]4CC[C@@]4(O)C3C(C)C(O)(CC1OC(=O)C(O)C(NC(=O)OC(C)(C)C)c1ccccc1)C2(C)C. The number of aliphatic hydroxyl groups is 8. The van der Waals surface area contributed by atoms with E-state index in [2.05, 4.69) is 5.32 Å². The molecule has 1 saturated heterocycles. The van der Waals surface area contributed by atoms with Crippen LogP contribution >= 0.6 is 0 Å². The fourth-order valence-electron chi connectivity index (χ4n) is 11.0. The molecule has 346 valence electrons. The number of amides is 1. The first-order valence-corrected chi connectivity index (χ1v) is 21.2. The van der Waals surface area contributed by atoms with Crippen LogP contribution in [0, 0.1) is 28.6 Å². The molecule has 18 heteroatoms. The number of hydrogen-bond acceptors (Lipinski definition) is 17. The number of rotatable bonds is 10. The topological polar surface area (TPSA) is 288 Å². The monoisotopic (exact) mass is 877 g/mol. The molecule has 4 fully saturated rings. The summed E-state index contributed by atoms with van der Waals surface area (Å²) in [5, 5.41) is 92.2. The molecule has 16 atom stereocenters. The van der Waals surface area contributed by atoms with Gasteiger partial charge in [0.1, 0.15) is 42.7 Å². The molecule has 1 amide bonds. The maximum atomic E-state index is 15.3. The molecule has 0 aromatic heterocycles. The molecule has 1 heterocycles. The quantitative estimate of drug-likeness (QED) is 0.0878. The molecule has 9 N–H and O–H groups in total. The van der Waals surface area contributed by atoms with E-state index < -0.39 is 144 Å². The zero-order valence-electron chi connectivity index (χ0n) is 36.4. The van der Waals surface area contributed by atoms with E-state index in [0.717, 1.165) is 0 Å². The van der Waals surface area contributed by atoms with Gasteiger partial charge in [-0.15, -0.1) is 0 Å². The second kappa shape index (κ2) is 17.1. The largest absolute Gasteiger partial charge is 0.456 e. The van der Waals surface area contributed by atoms with Gasteiger partial charge in [0.2, 0.25) is 0 Å². The molecule has 1 aromatic carbocycles. The molecule has 0 radical (unpaired) electrons. The maximum absolute atomic E-state index is 15.3. The Labute approximate surface area is 360 Å². The zero-order valence-corrected chi connectivity index (χ0v) is 36.4.